The van der Waals surface area contributed by atoms with E-state index in [4.69, 9.17) is 9.72 Å². The molecule has 0 N–H and O–H groups in total. The quantitative estimate of drug-likeness (QED) is 0.368. The highest BCUT2D eigenvalue weighted by Gasteiger charge is 2.12. The smallest absolute Gasteiger partial charge is 0.148 e. The average molecular weight is 378 g/mol. The van der Waals surface area contributed by atoms with Crippen molar-refractivity contribution >= 4 is 21.8 Å². The predicted octanol–water partition coefficient (Wildman–Crippen LogP) is 6.13. The van der Waals surface area contributed by atoms with Crippen LogP contribution in [0, 0.1) is 6.92 Å². The molecule has 0 amide bonds. The number of hydrogen-bond acceptors (Lipinski definition) is 2. The summed E-state index contributed by atoms with van der Waals surface area (Å²) < 4.78 is 8.39. The van der Waals surface area contributed by atoms with Gasteiger partial charge in [-0.25, -0.2) is 4.98 Å². The molecule has 3 heteroatoms. The van der Waals surface area contributed by atoms with Crippen LogP contribution in [0.4, 0.5) is 0 Å². The van der Waals surface area contributed by atoms with Crippen molar-refractivity contribution in [2.75, 3.05) is 0 Å². The van der Waals surface area contributed by atoms with Gasteiger partial charge >= 0.3 is 0 Å². The Morgan fingerprint density at radius 3 is 2.41 bits per heavy atom. The fourth-order valence-corrected chi connectivity index (χ4v) is 3.69. The van der Waals surface area contributed by atoms with Gasteiger partial charge < -0.3 is 9.30 Å². The van der Waals surface area contributed by atoms with Gasteiger partial charge in [-0.15, -0.1) is 0 Å². The summed E-state index contributed by atoms with van der Waals surface area (Å²) in [7, 11) is 0. The Bertz CT molecular complexity index is 1290. The van der Waals surface area contributed by atoms with E-state index in [1.807, 2.05) is 18.2 Å². The van der Waals surface area contributed by atoms with Gasteiger partial charge in [0.05, 0.1) is 11.0 Å². The van der Waals surface area contributed by atoms with Crippen molar-refractivity contribution in [2.24, 2.45) is 0 Å². The fraction of sp³-hybridized carbons (Fsp3) is 0.115. The van der Waals surface area contributed by atoms with Gasteiger partial charge in [0.2, 0.25) is 0 Å². The molecule has 142 valence electrons. The van der Waals surface area contributed by atoms with Gasteiger partial charge in [-0.3, -0.25) is 0 Å². The number of imidazole rings is 1. The molecule has 29 heavy (non-hydrogen) atoms. The van der Waals surface area contributed by atoms with Crippen molar-refractivity contribution in [2.45, 2.75) is 20.1 Å². The van der Waals surface area contributed by atoms with Crippen molar-refractivity contribution in [3.8, 4) is 5.75 Å². The second-order valence-electron chi connectivity index (χ2n) is 7.39. The minimum atomic E-state index is 0.429. The second-order valence-corrected chi connectivity index (χ2v) is 7.39. The van der Waals surface area contributed by atoms with Crippen LogP contribution in [0.1, 0.15) is 17.0 Å². The maximum Gasteiger partial charge on any atom is 0.148 e. The number of aromatic nitrogens is 2. The Balaban J connectivity index is 1.46. The third-order valence-electron chi connectivity index (χ3n) is 5.28. The van der Waals surface area contributed by atoms with Gasteiger partial charge in [-0.1, -0.05) is 72.3 Å². The molecule has 0 saturated heterocycles. The molecule has 0 radical (unpaired) electrons. The Kier molecular flexibility index (Phi) is 4.49. The first-order valence-corrected chi connectivity index (χ1v) is 9.87. The molecule has 0 aliphatic carbocycles. The van der Waals surface area contributed by atoms with Crippen LogP contribution >= 0.6 is 0 Å². The molecule has 0 bridgehead atoms. The minimum Gasteiger partial charge on any atom is -0.486 e. The van der Waals surface area contributed by atoms with Crippen LogP contribution in [0.25, 0.3) is 21.8 Å². The number of para-hydroxylation sites is 2. The van der Waals surface area contributed by atoms with Crippen molar-refractivity contribution in [3.63, 3.8) is 0 Å². The molecule has 0 aliphatic heterocycles. The summed E-state index contributed by atoms with van der Waals surface area (Å²) in [5, 5.41) is 2.39. The molecule has 3 nitrogen and oxygen atoms in total. The maximum atomic E-state index is 6.14. The SMILES string of the molecule is Cc1ccc(Cn2c(COc3ccc4ccccc4c3)nc3ccccc32)cc1. The highest BCUT2D eigenvalue weighted by atomic mass is 16.5. The van der Waals surface area contributed by atoms with Crippen LogP contribution in [-0.2, 0) is 13.2 Å². The molecule has 0 aliphatic rings. The van der Waals surface area contributed by atoms with E-state index in [0.29, 0.717) is 6.61 Å². The maximum absolute atomic E-state index is 6.14. The number of benzene rings is 4. The molecule has 0 fully saturated rings. The summed E-state index contributed by atoms with van der Waals surface area (Å²) in [6.07, 6.45) is 0. The summed E-state index contributed by atoms with van der Waals surface area (Å²) in [6, 6.07) is 31.4. The first-order chi connectivity index (χ1) is 14.3. The van der Waals surface area contributed by atoms with Crippen LogP contribution < -0.4 is 4.74 Å². The fourth-order valence-electron chi connectivity index (χ4n) is 3.69. The van der Waals surface area contributed by atoms with Crippen molar-refractivity contribution in [1.82, 2.24) is 9.55 Å². The summed E-state index contributed by atoms with van der Waals surface area (Å²) in [5.41, 5.74) is 4.65. The van der Waals surface area contributed by atoms with E-state index in [1.54, 1.807) is 0 Å². The topological polar surface area (TPSA) is 27.1 Å². The first kappa shape index (κ1) is 17.5. The van der Waals surface area contributed by atoms with Crippen LogP contribution in [0.3, 0.4) is 0 Å². The molecule has 0 atom stereocenters. The van der Waals surface area contributed by atoms with Gasteiger partial charge in [-0.2, -0.15) is 0 Å². The van der Waals surface area contributed by atoms with Crippen LogP contribution in [0.5, 0.6) is 5.75 Å². The van der Waals surface area contributed by atoms with Crippen molar-refractivity contribution in [1.29, 1.82) is 0 Å². The van der Waals surface area contributed by atoms with Gasteiger partial charge in [0.25, 0.3) is 0 Å². The third-order valence-corrected chi connectivity index (χ3v) is 5.28. The Morgan fingerprint density at radius 1 is 0.793 bits per heavy atom. The van der Waals surface area contributed by atoms with E-state index in [9.17, 15) is 0 Å². The molecular formula is C26H22N2O. The number of ether oxygens (including phenoxy) is 1. The number of rotatable bonds is 5. The summed E-state index contributed by atoms with van der Waals surface area (Å²) in [5.74, 6) is 1.79. The lowest BCUT2D eigenvalue weighted by atomic mass is 10.1. The van der Waals surface area contributed by atoms with E-state index < -0.39 is 0 Å². The summed E-state index contributed by atoms with van der Waals surface area (Å²) in [4.78, 5) is 4.84. The summed E-state index contributed by atoms with van der Waals surface area (Å²) >= 11 is 0. The van der Waals surface area contributed by atoms with E-state index in [-0.39, 0.29) is 0 Å². The molecule has 1 heterocycles. The number of aryl methyl sites for hydroxylation is 1. The molecule has 1 aromatic heterocycles. The molecule has 5 rings (SSSR count). The highest BCUT2D eigenvalue weighted by Crippen LogP contribution is 2.23. The zero-order chi connectivity index (χ0) is 19.6. The van der Waals surface area contributed by atoms with Gasteiger partial charge in [0.1, 0.15) is 18.2 Å². The molecule has 5 aromatic rings. The summed E-state index contributed by atoms with van der Waals surface area (Å²) in [6.45, 7) is 3.31. The van der Waals surface area contributed by atoms with Gasteiger partial charge in [0, 0.05) is 6.54 Å². The largest absolute Gasteiger partial charge is 0.486 e. The molecule has 0 saturated carbocycles. The third kappa shape index (κ3) is 3.59. The first-order valence-electron chi connectivity index (χ1n) is 9.87. The minimum absolute atomic E-state index is 0.429. The Morgan fingerprint density at radius 2 is 1.55 bits per heavy atom. The number of hydrogen-bond donors (Lipinski definition) is 0. The van der Waals surface area contributed by atoms with Crippen molar-refractivity contribution < 1.29 is 4.74 Å². The zero-order valence-corrected chi connectivity index (χ0v) is 16.4. The van der Waals surface area contributed by atoms with Crippen LogP contribution in [-0.4, -0.2) is 9.55 Å². The number of fused-ring (bicyclic) bond motifs is 2. The van der Waals surface area contributed by atoms with E-state index in [2.05, 4.69) is 84.3 Å². The Labute approximate surface area is 170 Å². The monoisotopic (exact) mass is 378 g/mol. The molecule has 0 unspecified atom stereocenters. The normalized spacial score (nSPS) is 11.2. The van der Waals surface area contributed by atoms with E-state index in [1.165, 1.54) is 21.9 Å². The highest BCUT2D eigenvalue weighted by molar-refractivity contribution is 5.83. The lowest BCUT2D eigenvalue weighted by Crippen LogP contribution is -2.08. The lowest BCUT2D eigenvalue weighted by molar-refractivity contribution is 0.291. The zero-order valence-electron chi connectivity index (χ0n) is 16.4. The lowest BCUT2D eigenvalue weighted by Gasteiger charge is -2.11. The van der Waals surface area contributed by atoms with E-state index >= 15 is 0 Å². The van der Waals surface area contributed by atoms with Crippen LogP contribution in [0.2, 0.25) is 0 Å². The van der Waals surface area contributed by atoms with Gasteiger partial charge in [-0.05, 0) is 47.5 Å². The molecule has 0 spiro atoms. The molecular weight excluding hydrogens is 356 g/mol. The average Bonchev–Trinajstić information content (AvgIpc) is 3.11. The molecule has 4 aromatic carbocycles. The van der Waals surface area contributed by atoms with Gasteiger partial charge in [0.15, 0.2) is 0 Å². The van der Waals surface area contributed by atoms with Crippen LogP contribution in [0.15, 0.2) is 91.0 Å². The predicted molar refractivity (Wildman–Crippen MR) is 118 cm³/mol. The van der Waals surface area contributed by atoms with E-state index in [0.717, 1.165) is 29.2 Å². The Hall–Kier alpha value is -3.59. The van der Waals surface area contributed by atoms with Crippen molar-refractivity contribution in [3.05, 3.63) is 108 Å². The number of nitrogens with zero attached hydrogens (tertiary/aromatic N) is 2. The second kappa shape index (κ2) is 7.44. The standard InChI is InChI=1S/C26H22N2O/c1-19-10-12-20(13-11-19)17-28-25-9-5-4-8-24(25)27-26(28)18-29-23-15-14-21-6-2-3-7-22(21)16-23/h2-16H,17-18H2,1H3.